The van der Waals surface area contributed by atoms with E-state index in [1.54, 1.807) is 27.7 Å². The first-order valence-corrected chi connectivity index (χ1v) is 11.7. The SMILES string of the molecule is COC(=O)OC(C)(C)CCOC(C)(C)C(=O)OCC(=O)COC(=O)C(C)(N)OCCC(C)(C)OC(=O)OC. The first-order valence-electron chi connectivity index (χ1n) is 11.7. The summed E-state index contributed by atoms with van der Waals surface area (Å²) in [5.74, 6) is -2.56. The molecule has 0 bridgehead atoms. The number of ketones is 1. The van der Waals surface area contributed by atoms with Crippen LogP contribution in [0.5, 0.6) is 0 Å². The van der Waals surface area contributed by atoms with Gasteiger partial charge in [0.05, 0.1) is 27.4 Å². The van der Waals surface area contributed by atoms with Gasteiger partial charge in [-0.05, 0) is 48.5 Å². The summed E-state index contributed by atoms with van der Waals surface area (Å²) in [4.78, 5) is 59.1. The van der Waals surface area contributed by atoms with Gasteiger partial charge in [0, 0.05) is 12.8 Å². The fourth-order valence-electron chi connectivity index (χ4n) is 2.47. The van der Waals surface area contributed by atoms with Crippen molar-refractivity contribution in [2.24, 2.45) is 5.73 Å². The Kier molecular flexibility index (Phi) is 13.7. The maximum atomic E-state index is 12.3. The highest BCUT2D eigenvalue weighted by molar-refractivity contribution is 5.87. The number of Topliss-reactive ketones (excluding diaryl/α,β-unsaturated/α-hetero) is 1. The number of esters is 2. The lowest BCUT2D eigenvalue weighted by Gasteiger charge is -2.28. The van der Waals surface area contributed by atoms with Crippen LogP contribution >= 0.6 is 0 Å². The highest BCUT2D eigenvalue weighted by Crippen LogP contribution is 2.19. The van der Waals surface area contributed by atoms with Crippen molar-refractivity contribution >= 4 is 30.0 Å². The van der Waals surface area contributed by atoms with Crippen molar-refractivity contribution in [3.05, 3.63) is 0 Å². The number of carbonyl (C=O) groups is 5. The van der Waals surface area contributed by atoms with Gasteiger partial charge in [0.2, 0.25) is 11.5 Å². The summed E-state index contributed by atoms with van der Waals surface area (Å²) in [5.41, 5.74) is 0.670. The Hall–Kier alpha value is -2.97. The Bertz CT molecular complexity index is 767. The fourth-order valence-corrected chi connectivity index (χ4v) is 2.47. The van der Waals surface area contributed by atoms with E-state index in [0.29, 0.717) is 0 Å². The molecule has 0 saturated carbocycles. The van der Waals surface area contributed by atoms with Crippen LogP contribution in [0.4, 0.5) is 9.59 Å². The van der Waals surface area contributed by atoms with E-state index in [2.05, 4.69) is 9.47 Å². The molecule has 1 atom stereocenters. The molecule has 0 radical (unpaired) electrons. The zero-order chi connectivity index (χ0) is 29.8. The lowest BCUT2D eigenvalue weighted by atomic mass is 10.1. The van der Waals surface area contributed by atoms with E-state index in [1.165, 1.54) is 35.0 Å². The molecule has 14 nitrogen and oxygen atoms in total. The lowest BCUT2D eigenvalue weighted by molar-refractivity contribution is -0.176. The van der Waals surface area contributed by atoms with Gasteiger partial charge in [-0.15, -0.1) is 0 Å². The monoisotopic (exact) mass is 551 g/mol. The summed E-state index contributed by atoms with van der Waals surface area (Å²) in [6, 6.07) is 0. The van der Waals surface area contributed by atoms with Crippen LogP contribution in [0.25, 0.3) is 0 Å². The van der Waals surface area contributed by atoms with Crippen molar-refractivity contribution in [2.45, 2.75) is 83.8 Å². The third-order valence-electron chi connectivity index (χ3n) is 4.95. The molecule has 0 fully saturated rings. The van der Waals surface area contributed by atoms with Crippen LogP contribution in [0.3, 0.4) is 0 Å². The predicted octanol–water partition coefficient (Wildman–Crippen LogP) is 2.03. The van der Waals surface area contributed by atoms with Crippen molar-refractivity contribution in [3.63, 3.8) is 0 Å². The van der Waals surface area contributed by atoms with E-state index >= 15 is 0 Å². The zero-order valence-electron chi connectivity index (χ0n) is 23.6. The molecular formula is C24H41NO13. The highest BCUT2D eigenvalue weighted by Gasteiger charge is 2.35. The molecule has 0 heterocycles. The Balaban J connectivity index is 4.50. The van der Waals surface area contributed by atoms with Gasteiger partial charge in [0.25, 0.3) is 0 Å². The van der Waals surface area contributed by atoms with Gasteiger partial charge in [-0.3, -0.25) is 10.5 Å². The van der Waals surface area contributed by atoms with Crippen LogP contribution in [0, 0.1) is 0 Å². The van der Waals surface area contributed by atoms with Crippen molar-refractivity contribution in [1.82, 2.24) is 0 Å². The molecule has 0 aliphatic heterocycles. The Morgan fingerprint density at radius 1 is 0.632 bits per heavy atom. The number of nitrogens with two attached hydrogens (primary N) is 1. The van der Waals surface area contributed by atoms with Crippen molar-refractivity contribution in [2.75, 3.05) is 40.6 Å². The average molecular weight is 552 g/mol. The van der Waals surface area contributed by atoms with Crippen LogP contribution in [-0.2, 0) is 52.3 Å². The minimum Gasteiger partial charge on any atom is -0.455 e. The van der Waals surface area contributed by atoms with Crippen LogP contribution < -0.4 is 5.73 Å². The van der Waals surface area contributed by atoms with Crippen LogP contribution in [0.2, 0.25) is 0 Å². The quantitative estimate of drug-likeness (QED) is 0.167. The maximum absolute atomic E-state index is 12.3. The molecule has 0 aliphatic carbocycles. The van der Waals surface area contributed by atoms with Crippen molar-refractivity contribution in [3.8, 4) is 0 Å². The second kappa shape index (κ2) is 14.8. The number of ether oxygens (including phenoxy) is 8. The number of rotatable bonds is 16. The molecule has 0 aromatic heterocycles. The average Bonchev–Trinajstić information content (AvgIpc) is 2.79. The van der Waals surface area contributed by atoms with E-state index in [0.717, 1.165) is 0 Å². The van der Waals surface area contributed by atoms with Gasteiger partial charge in [-0.2, -0.15) is 0 Å². The molecule has 1 unspecified atom stereocenters. The summed E-state index contributed by atoms with van der Waals surface area (Å²) in [6.45, 7) is 9.26. The zero-order valence-corrected chi connectivity index (χ0v) is 23.6. The third-order valence-corrected chi connectivity index (χ3v) is 4.95. The van der Waals surface area contributed by atoms with Crippen LogP contribution in [-0.4, -0.2) is 93.2 Å². The summed E-state index contributed by atoms with van der Waals surface area (Å²) >= 11 is 0. The molecule has 0 aromatic rings. The Morgan fingerprint density at radius 3 is 1.45 bits per heavy atom. The molecule has 0 amide bonds. The van der Waals surface area contributed by atoms with E-state index in [4.69, 9.17) is 34.2 Å². The molecule has 2 N–H and O–H groups in total. The Labute approximate surface area is 222 Å². The van der Waals surface area contributed by atoms with E-state index in [9.17, 15) is 24.0 Å². The Morgan fingerprint density at radius 2 is 1.03 bits per heavy atom. The second-order valence-corrected chi connectivity index (χ2v) is 10.1. The van der Waals surface area contributed by atoms with Crippen molar-refractivity contribution in [1.29, 1.82) is 0 Å². The number of carbonyl (C=O) groups excluding carboxylic acids is 5. The summed E-state index contributed by atoms with van der Waals surface area (Å²) < 4.78 is 39.7. The molecule has 0 aromatic carbocycles. The van der Waals surface area contributed by atoms with E-state index in [-0.39, 0.29) is 26.1 Å². The molecular weight excluding hydrogens is 510 g/mol. The normalized spacial score (nSPS) is 13.5. The van der Waals surface area contributed by atoms with E-state index in [1.807, 2.05) is 0 Å². The first-order chi connectivity index (χ1) is 17.3. The number of hydrogen-bond acceptors (Lipinski definition) is 14. The third kappa shape index (κ3) is 14.1. The second-order valence-electron chi connectivity index (χ2n) is 10.1. The predicted molar refractivity (Wildman–Crippen MR) is 130 cm³/mol. The molecule has 14 heteroatoms. The van der Waals surface area contributed by atoms with Gasteiger partial charge >= 0.3 is 24.2 Å². The van der Waals surface area contributed by atoms with Gasteiger partial charge in [-0.25, -0.2) is 19.2 Å². The van der Waals surface area contributed by atoms with Crippen LogP contribution in [0.15, 0.2) is 0 Å². The van der Waals surface area contributed by atoms with Crippen LogP contribution in [0.1, 0.15) is 61.3 Å². The number of hydrogen-bond donors (Lipinski definition) is 1. The van der Waals surface area contributed by atoms with Gasteiger partial charge < -0.3 is 37.9 Å². The largest absolute Gasteiger partial charge is 0.508 e. The topological polar surface area (TPSA) is 185 Å². The van der Waals surface area contributed by atoms with Gasteiger partial charge in [0.1, 0.15) is 11.2 Å². The molecule has 0 aliphatic rings. The smallest absolute Gasteiger partial charge is 0.455 e. The fraction of sp³-hybridized carbons (Fsp3) is 0.792. The molecule has 0 saturated heterocycles. The molecule has 0 spiro atoms. The lowest BCUT2D eigenvalue weighted by Crippen LogP contribution is -2.50. The highest BCUT2D eigenvalue weighted by atomic mass is 16.7. The summed E-state index contributed by atoms with van der Waals surface area (Å²) in [5, 5.41) is 0. The van der Waals surface area contributed by atoms with Crippen molar-refractivity contribution < 1.29 is 61.9 Å². The van der Waals surface area contributed by atoms with Gasteiger partial charge in [-0.1, -0.05) is 0 Å². The molecule has 0 rings (SSSR count). The number of methoxy groups -OCH3 is 2. The minimum absolute atomic E-state index is 0.0404. The maximum Gasteiger partial charge on any atom is 0.508 e. The minimum atomic E-state index is -1.89. The summed E-state index contributed by atoms with van der Waals surface area (Å²) in [7, 11) is 2.36. The molecule has 220 valence electrons. The molecule has 38 heavy (non-hydrogen) atoms. The van der Waals surface area contributed by atoms with E-state index < -0.39 is 65.8 Å². The standard InChI is InChI=1S/C24H41NO13/c1-21(2,37-19(29)31-8)10-12-35-23(5,6)17(27)33-14-16(26)15-34-18(28)24(7,25)36-13-11-22(3,4)38-20(30)32-9/h10-15,25H2,1-9H3. The summed E-state index contributed by atoms with van der Waals surface area (Å²) in [6.07, 6.45) is -1.27. The van der Waals surface area contributed by atoms with Gasteiger partial charge in [0.15, 0.2) is 18.8 Å². The first kappa shape index (κ1) is 35.0.